The molecule has 0 radical (unpaired) electrons. The number of ether oxygens (including phenoxy) is 3. The summed E-state index contributed by atoms with van der Waals surface area (Å²) in [5.41, 5.74) is 2.00. The first kappa shape index (κ1) is 20.2. The molecule has 27 heavy (non-hydrogen) atoms. The van der Waals surface area contributed by atoms with E-state index in [1.165, 1.54) is 0 Å². The Morgan fingerprint density at radius 3 is 2.11 bits per heavy atom. The molecule has 0 atom stereocenters. The van der Waals surface area contributed by atoms with Crippen molar-refractivity contribution in [3.63, 3.8) is 0 Å². The van der Waals surface area contributed by atoms with E-state index in [2.05, 4.69) is 11.4 Å². The molecule has 1 amide bonds. The van der Waals surface area contributed by atoms with Crippen molar-refractivity contribution in [3.8, 4) is 23.3 Å². The summed E-state index contributed by atoms with van der Waals surface area (Å²) < 4.78 is 17.8. The largest absolute Gasteiger partial charge is 0.497 e. The predicted molar refractivity (Wildman–Crippen MR) is 103 cm³/mol. The molecule has 0 spiro atoms. The maximum atomic E-state index is 12.3. The lowest BCUT2D eigenvalue weighted by Gasteiger charge is -2.21. The number of hydrogen-bond acceptors (Lipinski definition) is 5. The summed E-state index contributed by atoms with van der Waals surface area (Å²) in [5, 5.41) is 12.3. The van der Waals surface area contributed by atoms with Gasteiger partial charge in [0.15, 0.2) is 0 Å². The Bertz CT molecular complexity index is 879. The number of nitrogens with zero attached hydrogens (tertiary/aromatic N) is 2. The second-order valence-corrected chi connectivity index (χ2v) is 7.08. The standard InChI is InChI=1S/C20H25N3O4/c1-12-13(2)23(14-8-15(25-6)10-16(9-14)26-7)18(17(12)11-21)22-19(24)27-20(3,4)5/h8-10H,1-7H3,(H,22,24). The fourth-order valence-electron chi connectivity index (χ4n) is 2.71. The van der Waals surface area contributed by atoms with Gasteiger partial charge in [-0.2, -0.15) is 5.26 Å². The third kappa shape index (κ3) is 4.34. The third-order valence-electron chi connectivity index (χ3n) is 4.04. The van der Waals surface area contributed by atoms with Gasteiger partial charge < -0.3 is 14.2 Å². The summed E-state index contributed by atoms with van der Waals surface area (Å²) in [6, 6.07) is 7.52. The van der Waals surface area contributed by atoms with Crippen LogP contribution in [0.15, 0.2) is 18.2 Å². The van der Waals surface area contributed by atoms with Crippen LogP contribution in [0.4, 0.5) is 10.6 Å². The molecule has 0 unspecified atom stereocenters. The Hall–Kier alpha value is -3.14. The summed E-state index contributed by atoms with van der Waals surface area (Å²) >= 11 is 0. The van der Waals surface area contributed by atoms with E-state index in [1.807, 2.05) is 13.8 Å². The fraction of sp³-hybridized carbons (Fsp3) is 0.400. The molecule has 0 saturated carbocycles. The van der Waals surface area contributed by atoms with Crippen LogP contribution in [-0.4, -0.2) is 30.5 Å². The number of anilines is 1. The van der Waals surface area contributed by atoms with Crippen molar-refractivity contribution >= 4 is 11.9 Å². The zero-order valence-corrected chi connectivity index (χ0v) is 16.8. The maximum absolute atomic E-state index is 12.3. The van der Waals surface area contributed by atoms with Gasteiger partial charge in [-0.1, -0.05) is 0 Å². The molecule has 7 heteroatoms. The Labute approximate surface area is 159 Å². The number of amides is 1. The number of carbonyl (C=O) groups excluding carboxylic acids is 1. The number of aromatic nitrogens is 1. The van der Waals surface area contributed by atoms with Crippen molar-refractivity contribution in [2.24, 2.45) is 0 Å². The van der Waals surface area contributed by atoms with Crippen LogP contribution in [0.25, 0.3) is 5.69 Å². The van der Waals surface area contributed by atoms with Gasteiger partial charge in [-0.3, -0.25) is 9.88 Å². The molecule has 1 aromatic heterocycles. The minimum atomic E-state index is -0.655. The molecule has 144 valence electrons. The second kappa shape index (κ2) is 7.62. The maximum Gasteiger partial charge on any atom is 0.413 e. The normalized spacial score (nSPS) is 10.9. The fourth-order valence-corrected chi connectivity index (χ4v) is 2.71. The number of rotatable bonds is 4. The van der Waals surface area contributed by atoms with Gasteiger partial charge in [0.1, 0.15) is 29.0 Å². The van der Waals surface area contributed by atoms with Crippen molar-refractivity contribution in [3.05, 3.63) is 35.0 Å². The van der Waals surface area contributed by atoms with E-state index in [1.54, 1.807) is 57.8 Å². The van der Waals surface area contributed by atoms with Crippen LogP contribution in [0, 0.1) is 25.2 Å². The van der Waals surface area contributed by atoms with E-state index in [9.17, 15) is 10.1 Å². The molecule has 0 aliphatic heterocycles. The lowest BCUT2D eigenvalue weighted by molar-refractivity contribution is 0.0635. The van der Waals surface area contributed by atoms with E-state index in [-0.39, 0.29) is 0 Å². The summed E-state index contributed by atoms with van der Waals surface area (Å²) in [7, 11) is 3.12. The molecule has 0 aliphatic rings. The summed E-state index contributed by atoms with van der Waals surface area (Å²) in [4.78, 5) is 12.3. The molecule has 2 aromatic rings. The highest BCUT2D eigenvalue weighted by Crippen LogP contribution is 2.33. The summed E-state index contributed by atoms with van der Waals surface area (Å²) in [5.74, 6) is 1.53. The van der Waals surface area contributed by atoms with Crippen LogP contribution in [0.3, 0.4) is 0 Å². The van der Waals surface area contributed by atoms with Gasteiger partial charge in [-0.25, -0.2) is 4.79 Å². The molecule has 0 bridgehead atoms. The highest BCUT2D eigenvalue weighted by molar-refractivity contribution is 5.87. The number of nitriles is 1. The summed E-state index contributed by atoms with van der Waals surface area (Å²) in [6.45, 7) is 9.05. The van der Waals surface area contributed by atoms with Crippen LogP contribution >= 0.6 is 0 Å². The van der Waals surface area contributed by atoms with Gasteiger partial charge >= 0.3 is 6.09 Å². The van der Waals surface area contributed by atoms with Gasteiger partial charge in [0.25, 0.3) is 0 Å². The van der Waals surface area contributed by atoms with Crippen molar-refractivity contribution in [1.82, 2.24) is 4.57 Å². The Balaban J connectivity index is 2.64. The topological polar surface area (TPSA) is 85.5 Å². The van der Waals surface area contributed by atoms with E-state index in [0.29, 0.717) is 28.6 Å². The zero-order chi connectivity index (χ0) is 20.4. The molecule has 1 N–H and O–H groups in total. The lowest BCUT2D eigenvalue weighted by Crippen LogP contribution is -2.28. The van der Waals surface area contributed by atoms with E-state index in [4.69, 9.17) is 14.2 Å². The molecule has 0 saturated heterocycles. The minimum absolute atomic E-state index is 0.344. The van der Waals surface area contributed by atoms with E-state index in [0.717, 1.165) is 11.3 Å². The van der Waals surface area contributed by atoms with Gasteiger partial charge in [-0.15, -0.1) is 0 Å². The molecule has 2 rings (SSSR count). The van der Waals surface area contributed by atoms with Crippen molar-refractivity contribution in [1.29, 1.82) is 5.26 Å². The number of methoxy groups -OCH3 is 2. The first-order chi connectivity index (χ1) is 12.6. The van der Waals surface area contributed by atoms with E-state index >= 15 is 0 Å². The molecule has 7 nitrogen and oxygen atoms in total. The van der Waals surface area contributed by atoms with Crippen LogP contribution in [0.5, 0.6) is 11.5 Å². The second-order valence-electron chi connectivity index (χ2n) is 7.08. The number of carbonyl (C=O) groups is 1. The Kier molecular flexibility index (Phi) is 5.69. The smallest absolute Gasteiger partial charge is 0.413 e. The van der Waals surface area contributed by atoms with Gasteiger partial charge in [-0.05, 0) is 40.2 Å². The monoisotopic (exact) mass is 371 g/mol. The summed E-state index contributed by atoms with van der Waals surface area (Å²) in [6.07, 6.45) is -0.632. The van der Waals surface area contributed by atoms with E-state index < -0.39 is 11.7 Å². The average Bonchev–Trinajstić information content (AvgIpc) is 2.82. The highest BCUT2D eigenvalue weighted by atomic mass is 16.6. The van der Waals surface area contributed by atoms with Crippen molar-refractivity contribution < 1.29 is 19.0 Å². The van der Waals surface area contributed by atoms with Gasteiger partial charge in [0, 0.05) is 23.9 Å². The number of benzene rings is 1. The average molecular weight is 371 g/mol. The molecule has 0 fully saturated rings. The molecule has 1 heterocycles. The van der Waals surface area contributed by atoms with Crippen LogP contribution in [0.1, 0.15) is 37.6 Å². The first-order valence-electron chi connectivity index (χ1n) is 8.46. The molecule has 1 aromatic carbocycles. The van der Waals surface area contributed by atoms with Crippen LogP contribution in [0.2, 0.25) is 0 Å². The minimum Gasteiger partial charge on any atom is -0.497 e. The predicted octanol–water partition coefficient (Wildman–Crippen LogP) is 4.33. The van der Waals surface area contributed by atoms with Crippen LogP contribution < -0.4 is 14.8 Å². The highest BCUT2D eigenvalue weighted by Gasteiger charge is 2.24. The molecular weight excluding hydrogens is 346 g/mol. The first-order valence-corrected chi connectivity index (χ1v) is 8.46. The number of nitrogens with one attached hydrogen (secondary N) is 1. The van der Waals surface area contributed by atoms with Crippen molar-refractivity contribution in [2.75, 3.05) is 19.5 Å². The Morgan fingerprint density at radius 1 is 1.11 bits per heavy atom. The quantitative estimate of drug-likeness (QED) is 0.864. The molecular formula is C20H25N3O4. The Morgan fingerprint density at radius 2 is 1.67 bits per heavy atom. The zero-order valence-electron chi connectivity index (χ0n) is 16.8. The lowest BCUT2D eigenvalue weighted by atomic mass is 10.2. The third-order valence-corrected chi connectivity index (χ3v) is 4.04. The van der Waals surface area contributed by atoms with Crippen LogP contribution in [-0.2, 0) is 4.74 Å². The van der Waals surface area contributed by atoms with Gasteiger partial charge in [0.05, 0.1) is 25.5 Å². The molecule has 0 aliphatic carbocycles. The SMILES string of the molecule is COc1cc(OC)cc(-n2c(C)c(C)c(C#N)c2NC(=O)OC(C)(C)C)c1. The van der Waals surface area contributed by atoms with Crippen molar-refractivity contribution in [2.45, 2.75) is 40.2 Å². The van der Waals surface area contributed by atoms with Gasteiger partial charge in [0.2, 0.25) is 0 Å². The number of hydrogen-bond donors (Lipinski definition) is 1.